The number of carbonyl (C=O) groups is 1. The molecule has 3 rings (SSSR count). The first kappa shape index (κ1) is 21.6. The Kier molecular flexibility index (Phi) is 7.89. The lowest BCUT2D eigenvalue weighted by molar-refractivity contribution is -0.129. The van der Waals surface area contributed by atoms with E-state index in [4.69, 9.17) is 0 Å². The van der Waals surface area contributed by atoms with E-state index in [9.17, 15) is 9.90 Å². The Hall–Kier alpha value is -2.12. The molecule has 7 nitrogen and oxygen atoms in total. The first-order valence-corrected chi connectivity index (χ1v) is 10.9. The predicted octanol–water partition coefficient (Wildman–Crippen LogP) is 0.972. The number of nitrogens with one attached hydrogen (secondary N) is 2. The predicted molar refractivity (Wildman–Crippen MR) is 116 cm³/mol. The van der Waals surface area contributed by atoms with Crippen molar-refractivity contribution >= 4 is 11.9 Å². The highest BCUT2D eigenvalue weighted by atomic mass is 16.3. The Morgan fingerprint density at radius 1 is 1.28 bits per heavy atom. The van der Waals surface area contributed by atoms with Crippen molar-refractivity contribution in [2.75, 3.05) is 39.3 Å². The van der Waals surface area contributed by atoms with Gasteiger partial charge in [0, 0.05) is 51.7 Å². The largest absolute Gasteiger partial charge is 0.390 e. The van der Waals surface area contributed by atoms with E-state index in [2.05, 4.69) is 44.8 Å². The van der Waals surface area contributed by atoms with E-state index in [1.165, 1.54) is 11.1 Å². The third-order valence-electron chi connectivity index (χ3n) is 5.67. The number of aliphatic imine (C=N–C) groups is 1. The number of aliphatic hydroxyl groups is 1. The van der Waals surface area contributed by atoms with Gasteiger partial charge in [0.1, 0.15) is 0 Å². The van der Waals surface area contributed by atoms with E-state index in [0.717, 1.165) is 39.0 Å². The normalized spacial score (nSPS) is 21.0. The zero-order valence-corrected chi connectivity index (χ0v) is 17.7. The van der Waals surface area contributed by atoms with Gasteiger partial charge in [-0.05, 0) is 30.9 Å². The second-order valence-electron chi connectivity index (χ2n) is 7.95. The number of amides is 1. The van der Waals surface area contributed by atoms with Crippen molar-refractivity contribution in [2.24, 2.45) is 4.99 Å². The fourth-order valence-electron chi connectivity index (χ4n) is 4.10. The van der Waals surface area contributed by atoms with E-state index in [0.29, 0.717) is 32.0 Å². The summed E-state index contributed by atoms with van der Waals surface area (Å²) in [6.45, 7) is 9.04. The summed E-state index contributed by atoms with van der Waals surface area (Å²) >= 11 is 0. The molecule has 0 spiro atoms. The average molecular weight is 402 g/mol. The Bertz CT molecular complexity index is 708. The van der Waals surface area contributed by atoms with Gasteiger partial charge >= 0.3 is 0 Å². The molecule has 2 atom stereocenters. The van der Waals surface area contributed by atoms with Gasteiger partial charge in [-0.25, -0.2) is 0 Å². The monoisotopic (exact) mass is 401 g/mol. The van der Waals surface area contributed by atoms with Crippen LogP contribution < -0.4 is 10.6 Å². The fourth-order valence-corrected chi connectivity index (χ4v) is 4.10. The van der Waals surface area contributed by atoms with Gasteiger partial charge in [0.05, 0.1) is 12.6 Å². The molecule has 0 aliphatic carbocycles. The molecule has 2 heterocycles. The maximum Gasteiger partial charge on any atom is 0.222 e. The van der Waals surface area contributed by atoms with Gasteiger partial charge < -0.3 is 20.6 Å². The third-order valence-corrected chi connectivity index (χ3v) is 5.67. The van der Waals surface area contributed by atoms with Crippen LogP contribution in [-0.4, -0.2) is 78.2 Å². The number of rotatable bonds is 7. The second-order valence-corrected chi connectivity index (χ2v) is 7.95. The van der Waals surface area contributed by atoms with Gasteiger partial charge in [0.25, 0.3) is 0 Å². The number of likely N-dealkylation sites (tertiary alicyclic amines) is 1. The summed E-state index contributed by atoms with van der Waals surface area (Å²) in [6, 6.07) is 8.75. The molecule has 1 fully saturated rings. The number of guanidine groups is 1. The van der Waals surface area contributed by atoms with Crippen molar-refractivity contribution in [3.8, 4) is 0 Å². The second kappa shape index (κ2) is 10.6. The first-order valence-electron chi connectivity index (χ1n) is 10.9. The van der Waals surface area contributed by atoms with Crippen molar-refractivity contribution in [1.82, 2.24) is 20.4 Å². The molecule has 1 aromatic carbocycles. The van der Waals surface area contributed by atoms with Gasteiger partial charge in [0.2, 0.25) is 5.91 Å². The summed E-state index contributed by atoms with van der Waals surface area (Å²) in [5.74, 6) is 0.918. The number of benzene rings is 1. The molecule has 1 amide bonds. The highest BCUT2D eigenvalue weighted by Gasteiger charge is 2.26. The van der Waals surface area contributed by atoms with Crippen LogP contribution >= 0.6 is 0 Å². The van der Waals surface area contributed by atoms with Crippen molar-refractivity contribution < 1.29 is 9.90 Å². The minimum atomic E-state index is -0.502. The van der Waals surface area contributed by atoms with Gasteiger partial charge in [-0.3, -0.25) is 14.7 Å². The quantitative estimate of drug-likeness (QED) is 0.469. The van der Waals surface area contributed by atoms with Crippen LogP contribution in [-0.2, 0) is 17.8 Å². The third kappa shape index (κ3) is 6.18. The van der Waals surface area contributed by atoms with Gasteiger partial charge in [0.15, 0.2) is 5.96 Å². The maximum absolute atomic E-state index is 11.9. The van der Waals surface area contributed by atoms with Crippen LogP contribution in [0.4, 0.5) is 0 Å². The molecule has 160 valence electrons. The van der Waals surface area contributed by atoms with Crippen molar-refractivity contribution in [2.45, 2.75) is 51.8 Å². The maximum atomic E-state index is 11.9. The van der Waals surface area contributed by atoms with E-state index in [-0.39, 0.29) is 11.9 Å². The van der Waals surface area contributed by atoms with Crippen molar-refractivity contribution in [1.29, 1.82) is 0 Å². The molecule has 2 aliphatic heterocycles. The number of nitrogens with zero attached hydrogens (tertiary/aromatic N) is 3. The first-order chi connectivity index (χ1) is 14.1. The molecule has 7 heteroatoms. The number of hydrogen-bond acceptors (Lipinski definition) is 4. The SMILES string of the molecule is CCNC(=NCC(O)CN1CCc2ccccc2C1)NC1CCN(C(=O)CC)C1. The minimum absolute atomic E-state index is 0.203. The lowest BCUT2D eigenvalue weighted by Crippen LogP contribution is -2.45. The number of hydrogen-bond donors (Lipinski definition) is 3. The summed E-state index contributed by atoms with van der Waals surface area (Å²) in [4.78, 5) is 20.7. The Labute approximate surface area is 174 Å². The fraction of sp³-hybridized carbons (Fsp3) is 0.636. The van der Waals surface area contributed by atoms with E-state index >= 15 is 0 Å². The molecule has 0 saturated carbocycles. The summed E-state index contributed by atoms with van der Waals surface area (Å²) < 4.78 is 0. The number of aliphatic hydroxyl groups excluding tert-OH is 1. The van der Waals surface area contributed by atoms with E-state index in [1.54, 1.807) is 0 Å². The molecule has 29 heavy (non-hydrogen) atoms. The lowest BCUT2D eigenvalue weighted by atomic mass is 10.00. The topological polar surface area (TPSA) is 80.2 Å². The highest BCUT2D eigenvalue weighted by molar-refractivity contribution is 5.80. The van der Waals surface area contributed by atoms with Gasteiger partial charge in [-0.2, -0.15) is 0 Å². The molecule has 0 bridgehead atoms. The average Bonchev–Trinajstić information content (AvgIpc) is 3.20. The molecule has 3 N–H and O–H groups in total. The lowest BCUT2D eigenvalue weighted by Gasteiger charge is -2.30. The minimum Gasteiger partial charge on any atom is -0.390 e. The zero-order chi connectivity index (χ0) is 20.6. The molecule has 0 aromatic heterocycles. The Morgan fingerprint density at radius 2 is 2.07 bits per heavy atom. The standard InChI is InChI=1S/C22H35N5O2/c1-3-21(29)27-12-10-19(15-27)25-22(23-4-2)24-13-20(28)16-26-11-9-17-7-5-6-8-18(17)14-26/h5-8,19-20,28H,3-4,9-16H2,1-2H3,(H2,23,24,25). The molecule has 1 saturated heterocycles. The van der Waals surface area contributed by atoms with Crippen LogP contribution in [0.1, 0.15) is 37.8 Å². The van der Waals surface area contributed by atoms with Crippen LogP contribution in [0.3, 0.4) is 0 Å². The Morgan fingerprint density at radius 3 is 2.83 bits per heavy atom. The summed E-state index contributed by atoms with van der Waals surface area (Å²) in [7, 11) is 0. The number of β-amino-alcohol motifs (C(OH)–C–C–N with tert-alkyl or cyclic N) is 1. The van der Waals surface area contributed by atoms with Crippen LogP contribution in [0.15, 0.2) is 29.3 Å². The van der Waals surface area contributed by atoms with E-state index in [1.807, 2.05) is 18.7 Å². The number of carbonyl (C=O) groups excluding carboxylic acids is 1. The van der Waals surface area contributed by atoms with Crippen molar-refractivity contribution in [3.05, 3.63) is 35.4 Å². The zero-order valence-electron chi connectivity index (χ0n) is 17.7. The van der Waals surface area contributed by atoms with Gasteiger partial charge in [-0.1, -0.05) is 31.2 Å². The summed E-state index contributed by atoms with van der Waals surface area (Å²) in [6.07, 6.45) is 2.00. The molecule has 0 radical (unpaired) electrons. The van der Waals surface area contributed by atoms with Crippen molar-refractivity contribution in [3.63, 3.8) is 0 Å². The van der Waals surface area contributed by atoms with Crippen LogP contribution in [0.2, 0.25) is 0 Å². The number of fused-ring (bicyclic) bond motifs is 1. The molecule has 2 aliphatic rings. The molecular formula is C22H35N5O2. The molecule has 2 unspecified atom stereocenters. The summed E-state index contributed by atoms with van der Waals surface area (Å²) in [5, 5.41) is 17.2. The van der Waals surface area contributed by atoms with E-state index < -0.39 is 6.10 Å². The highest BCUT2D eigenvalue weighted by Crippen LogP contribution is 2.18. The van der Waals surface area contributed by atoms with Gasteiger partial charge in [-0.15, -0.1) is 0 Å². The van der Waals surface area contributed by atoms with Crippen LogP contribution in [0.5, 0.6) is 0 Å². The summed E-state index contributed by atoms with van der Waals surface area (Å²) in [5.41, 5.74) is 2.78. The smallest absolute Gasteiger partial charge is 0.222 e. The Balaban J connectivity index is 1.48. The van der Waals surface area contributed by atoms with Crippen LogP contribution in [0, 0.1) is 0 Å². The molecular weight excluding hydrogens is 366 g/mol. The van der Waals surface area contributed by atoms with Crippen LogP contribution in [0.25, 0.3) is 0 Å². The molecule has 1 aromatic rings.